The summed E-state index contributed by atoms with van der Waals surface area (Å²) in [5.41, 5.74) is 2.46. The van der Waals surface area contributed by atoms with Crippen molar-refractivity contribution < 1.29 is 9.84 Å². The molecule has 36 heavy (non-hydrogen) atoms. The normalized spacial score (nSPS) is 12.0. The molecule has 4 aromatic rings. The first-order chi connectivity index (χ1) is 17.3. The maximum Gasteiger partial charge on any atom is 0.163 e. The Morgan fingerprint density at radius 3 is 2.69 bits per heavy atom. The van der Waals surface area contributed by atoms with Crippen molar-refractivity contribution in [2.45, 2.75) is 26.4 Å². The van der Waals surface area contributed by atoms with E-state index >= 15 is 0 Å². The highest BCUT2D eigenvalue weighted by Crippen LogP contribution is 2.32. The van der Waals surface area contributed by atoms with E-state index < -0.39 is 5.60 Å². The van der Waals surface area contributed by atoms with Crippen LogP contribution in [-0.4, -0.2) is 49.8 Å². The number of aliphatic hydroxyl groups is 1. The summed E-state index contributed by atoms with van der Waals surface area (Å²) in [5, 5.41) is 34.3. The monoisotopic (exact) mass is 485 g/mol. The molecular formula is C27H31N7O2. The van der Waals surface area contributed by atoms with E-state index in [1.165, 1.54) is 6.21 Å². The number of benzene rings is 2. The summed E-state index contributed by atoms with van der Waals surface area (Å²) in [5.74, 6) is 2.12. The Balaban J connectivity index is 1.61. The van der Waals surface area contributed by atoms with E-state index in [9.17, 15) is 5.11 Å². The summed E-state index contributed by atoms with van der Waals surface area (Å²) in [7, 11) is 1.90. The predicted octanol–water partition coefficient (Wildman–Crippen LogP) is 4.52. The number of nitrogens with zero attached hydrogens (tertiary/aromatic N) is 4. The molecule has 0 spiro atoms. The maximum atomic E-state index is 9.92. The minimum Gasteiger partial charge on any atom is -0.492 e. The standard InChI is InChI=1S/C27H31N7O2/c1-5-36-24-11-19(26-33-31-17-34(26)4)8-9-23(24)32-25-12-21-10-18(6-7-20(21)15-30-25)22(13-28)14-29-16-27(2,3)35/h6-15,17,28-29,35H,5,16H2,1-4H3,(H,30,32)/b22-14+,28-13?. The summed E-state index contributed by atoms with van der Waals surface area (Å²) >= 11 is 0. The number of anilines is 2. The van der Waals surface area contributed by atoms with E-state index in [1.54, 1.807) is 26.4 Å². The van der Waals surface area contributed by atoms with Crippen LogP contribution in [0, 0.1) is 5.41 Å². The van der Waals surface area contributed by atoms with Crippen molar-refractivity contribution in [3.05, 3.63) is 66.8 Å². The Morgan fingerprint density at radius 2 is 2.00 bits per heavy atom. The number of allylic oxidation sites excluding steroid dienone is 1. The molecule has 0 bridgehead atoms. The Bertz CT molecular complexity index is 1400. The summed E-state index contributed by atoms with van der Waals surface area (Å²) in [6, 6.07) is 13.8. The van der Waals surface area contributed by atoms with Crippen molar-refractivity contribution in [1.82, 2.24) is 25.1 Å². The Kier molecular flexibility index (Phi) is 7.30. The van der Waals surface area contributed by atoms with Gasteiger partial charge in [-0.1, -0.05) is 12.1 Å². The first-order valence-corrected chi connectivity index (χ1v) is 11.7. The molecule has 0 aliphatic carbocycles. The smallest absolute Gasteiger partial charge is 0.163 e. The highest BCUT2D eigenvalue weighted by molar-refractivity contribution is 6.09. The molecule has 0 radical (unpaired) electrons. The van der Waals surface area contributed by atoms with E-state index in [2.05, 4.69) is 25.8 Å². The molecule has 0 amide bonds. The van der Waals surface area contributed by atoms with Crippen LogP contribution in [0.5, 0.6) is 5.75 Å². The highest BCUT2D eigenvalue weighted by Gasteiger charge is 2.12. The fraction of sp³-hybridized carbons (Fsp3) is 0.259. The Morgan fingerprint density at radius 1 is 1.17 bits per heavy atom. The van der Waals surface area contributed by atoms with Gasteiger partial charge in [0.2, 0.25) is 0 Å². The van der Waals surface area contributed by atoms with Crippen LogP contribution in [0.15, 0.2) is 61.2 Å². The van der Waals surface area contributed by atoms with Gasteiger partial charge in [-0.25, -0.2) is 4.98 Å². The zero-order chi connectivity index (χ0) is 25.7. The van der Waals surface area contributed by atoms with Crippen molar-refractivity contribution in [2.75, 3.05) is 18.5 Å². The second-order valence-electron chi connectivity index (χ2n) is 9.10. The van der Waals surface area contributed by atoms with E-state index in [4.69, 9.17) is 10.1 Å². The molecule has 0 unspecified atom stereocenters. The van der Waals surface area contributed by atoms with Gasteiger partial charge in [0.25, 0.3) is 0 Å². The fourth-order valence-electron chi connectivity index (χ4n) is 3.73. The molecule has 0 saturated heterocycles. The third-order valence-electron chi connectivity index (χ3n) is 5.52. The number of hydrogen-bond acceptors (Lipinski definition) is 8. The number of rotatable bonds is 10. The number of hydrogen-bond donors (Lipinski definition) is 4. The van der Waals surface area contributed by atoms with Crippen LogP contribution in [0.2, 0.25) is 0 Å². The number of fused-ring (bicyclic) bond motifs is 1. The summed E-state index contributed by atoms with van der Waals surface area (Å²) in [6.45, 7) is 6.31. The molecule has 0 aliphatic heterocycles. The average Bonchev–Trinajstić information content (AvgIpc) is 3.28. The molecule has 186 valence electrons. The predicted molar refractivity (Wildman–Crippen MR) is 144 cm³/mol. The number of nitrogens with one attached hydrogen (secondary N) is 3. The Hall–Kier alpha value is -4.24. The number of pyridine rings is 1. The van der Waals surface area contributed by atoms with E-state index in [1.807, 2.05) is 67.2 Å². The van der Waals surface area contributed by atoms with Gasteiger partial charge in [0, 0.05) is 48.7 Å². The van der Waals surface area contributed by atoms with E-state index in [0.29, 0.717) is 30.3 Å². The molecule has 2 aromatic carbocycles. The molecule has 4 rings (SSSR count). The van der Waals surface area contributed by atoms with Gasteiger partial charge in [-0.05, 0) is 62.1 Å². The number of aromatic nitrogens is 4. The van der Waals surface area contributed by atoms with Gasteiger partial charge >= 0.3 is 0 Å². The molecule has 2 heterocycles. The van der Waals surface area contributed by atoms with Crippen LogP contribution >= 0.6 is 0 Å². The zero-order valence-corrected chi connectivity index (χ0v) is 20.9. The molecule has 4 N–H and O–H groups in total. The van der Waals surface area contributed by atoms with Crippen LogP contribution in [-0.2, 0) is 7.05 Å². The van der Waals surface area contributed by atoms with Gasteiger partial charge in [-0.15, -0.1) is 10.2 Å². The Labute approximate surface area is 210 Å². The topological polar surface area (TPSA) is 121 Å². The average molecular weight is 486 g/mol. The van der Waals surface area contributed by atoms with Crippen LogP contribution in [0.3, 0.4) is 0 Å². The molecule has 9 heteroatoms. The highest BCUT2D eigenvalue weighted by atomic mass is 16.5. The van der Waals surface area contributed by atoms with E-state index in [-0.39, 0.29) is 0 Å². The lowest BCUT2D eigenvalue weighted by molar-refractivity contribution is 0.0836. The SMILES string of the molecule is CCOc1cc(-c2nncn2C)ccc1Nc1cc2cc(/C(C=N)=C/NCC(C)(C)O)ccc2cn1. The molecule has 0 fully saturated rings. The second kappa shape index (κ2) is 10.6. The first-order valence-electron chi connectivity index (χ1n) is 11.7. The third-order valence-corrected chi connectivity index (χ3v) is 5.52. The van der Waals surface area contributed by atoms with Crippen LogP contribution < -0.4 is 15.4 Å². The molecule has 0 aliphatic rings. The van der Waals surface area contributed by atoms with Gasteiger partial charge in [-0.3, -0.25) is 0 Å². The molecule has 9 nitrogen and oxygen atoms in total. The van der Waals surface area contributed by atoms with Crippen molar-refractivity contribution in [3.63, 3.8) is 0 Å². The van der Waals surface area contributed by atoms with Gasteiger partial charge in [0.1, 0.15) is 17.9 Å². The first kappa shape index (κ1) is 24.9. The van der Waals surface area contributed by atoms with Crippen molar-refractivity contribution >= 4 is 34.1 Å². The minimum atomic E-state index is -0.841. The van der Waals surface area contributed by atoms with Gasteiger partial charge < -0.3 is 30.5 Å². The van der Waals surface area contributed by atoms with Gasteiger partial charge in [-0.2, -0.15) is 0 Å². The molecule has 2 aromatic heterocycles. The number of aryl methyl sites for hydroxylation is 1. The second-order valence-corrected chi connectivity index (χ2v) is 9.10. The molecule has 0 saturated carbocycles. The van der Waals surface area contributed by atoms with Crippen molar-refractivity contribution in [3.8, 4) is 17.1 Å². The summed E-state index contributed by atoms with van der Waals surface area (Å²) in [6.07, 6.45) is 6.53. The lowest BCUT2D eigenvalue weighted by Crippen LogP contribution is -2.32. The minimum absolute atomic E-state index is 0.382. The van der Waals surface area contributed by atoms with Gasteiger partial charge in [0.05, 0.1) is 17.9 Å². The van der Waals surface area contributed by atoms with Crippen LogP contribution in [0.1, 0.15) is 26.3 Å². The fourth-order valence-corrected chi connectivity index (χ4v) is 3.73. The summed E-state index contributed by atoms with van der Waals surface area (Å²) < 4.78 is 7.76. The van der Waals surface area contributed by atoms with E-state index in [0.717, 1.165) is 33.4 Å². The van der Waals surface area contributed by atoms with Gasteiger partial charge in [0.15, 0.2) is 5.82 Å². The lowest BCUT2D eigenvalue weighted by atomic mass is 10.0. The third kappa shape index (κ3) is 5.87. The maximum absolute atomic E-state index is 9.92. The molecule has 0 atom stereocenters. The van der Waals surface area contributed by atoms with Crippen LogP contribution in [0.25, 0.3) is 27.7 Å². The number of ether oxygens (including phenoxy) is 1. The zero-order valence-electron chi connectivity index (χ0n) is 20.9. The van der Waals surface area contributed by atoms with Crippen molar-refractivity contribution in [1.29, 1.82) is 5.41 Å². The van der Waals surface area contributed by atoms with Crippen molar-refractivity contribution in [2.24, 2.45) is 7.05 Å². The lowest BCUT2D eigenvalue weighted by Gasteiger charge is -2.17. The largest absolute Gasteiger partial charge is 0.492 e. The quantitative estimate of drug-likeness (QED) is 0.244. The molecular weight excluding hydrogens is 454 g/mol. The van der Waals surface area contributed by atoms with Crippen LogP contribution in [0.4, 0.5) is 11.5 Å². The summed E-state index contributed by atoms with van der Waals surface area (Å²) in [4.78, 5) is 4.57.